The molecule has 0 aromatic heterocycles. The van der Waals surface area contributed by atoms with E-state index in [4.69, 9.17) is 4.74 Å². The van der Waals surface area contributed by atoms with Crippen molar-refractivity contribution in [1.82, 2.24) is 10.2 Å². The minimum Gasteiger partial charge on any atom is -0.380 e. The van der Waals surface area contributed by atoms with E-state index in [-0.39, 0.29) is 23.7 Å². The summed E-state index contributed by atoms with van der Waals surface area (Å²) in [7, 11) is 0. The number of rotatable bonds is 4. The highest BCUT2D eigenvalue weighted by atomic mass is 16.5. The van der Waals surface area contributed by atoms with Crippen LogP contribution in [0.25, 0.3) is 0 Å². The minimum absolute atomic E-state index is 0.0277. The first kappa shape index (κ1) is 12.4. The standard InChI is InChI=1S/C12H20N2O3/c1-8(2)11(15)13-3-9-4-14(5-9)12(16)10-6-17-7-10/h8-10H,3-7H2,1-2H3,(H,13,15). The van der Waals surface area contributed by atoms with Crippen molar-refractivity contribution < 1.29 is 14.3 Å². The molecule has 0 spiro atoms. The fourth-order valence-corrected chi connectivity index (χ4v) is 1.96. The van der Waals surface area contributed by atoms with Gasteiger partial charge in [0.05, 0.1) is 19.1 Å². The van der Waals surface area contributed by atoms with Crippen molar-refractivity contribution in [3.63, 3.8) is 0 Å². The van der Waals surface area contributed by atoms with Crippen LogP contribution in [0.5, 0.6) is 0 Å². The lowest BCUT2D eigenvalue weighted by molar-refractivity contribution is -0.156. The maximum absolute atomic E-state index is 11.8. The molecule has 1 N–H and O–H groups in total. The topological polar surface area (TPSA) is 58.6 Å². The summed E-state index contributed by atoms with van der Waals surface area (Å²) in [6, 6.07) is 0. The van der Waals surface area contributed by atoms with Crippen molar-refractivity contribution in [2.75, 3.05) is 32.8 Å². The SMILES string of the molecule is CC(C)C(=O)NCC1CN(C(=O)C2COC2)C1. The zero-order chi connectivity index (χ0) is 12.4. The van der Waals surface area contributed by atoms with Crippen LogP contribution in [0.3, 0.4) is 0 Å². The molecule has 2 rings (SSSR count). The van der Waals surface area contributed by atoms with Crippen LogP contribution in [0.2, 0.25) is 0 Å². The molecule has 2 saturated heterocycles. The molecule has 0 unspecified atom stereocenters. The number of likely N-dealkylation sites (tertiary alicyclic amines) is 1. The summed E-state index contributed by atoms with van der Waals surface area (Å²) >= 11 is 0. The van der Waals surface area contributed by atoms with Crippen LogP contribution in [-0.4, -0.2) is 49.6 Å². The molecular formula is C12H20N2O3. The van der Waals surface area contributed by atoms with Gasteiger partial charge in [-0.1, -0.05) is 13.8 Å². The van der Waals surface area contributed by atoms with E-state index >= 15 is 0 Å². The summed E-state index contributed by atoms with van der Waals surface area (Å²) in [5.74, 6) is 0.827. The maximum Gasteiger partial charge on any atom is 0.230 e. The van der Waals surface area contributed by atoms with E-state index in [0.717, 1.165) is 13.1 Å². The molecule has 0 bridgehead atoms. The van der Waals surface area contributed by atoms with Gasteiger partial charge in [-0.25, -0.2) is 0 Å². The molecular weight excluding hydrogens is 220 g/mol. The number of hydrogen-bond acceptors (Lipinski definition) is 3. The highest BCUT2D eigenvalue weighted by Crippen LogP contribution is 2.21. The van der Waals surface area contributed by atoms with Gasteiger partial charge in [-0.2, -0.15) is 0 Å². The first-order valence-electron chi connectivity index (χ1n) is 6.22. The molecule has 96 valence electrons. The Hall–Kier alpha value is -1.10. The fraction of sp³-hybridized carbons (Fsp3) is 0.833. The average molecular weight is 240 g/mol. The van der Waals surface area contributed by atoms with E-state index in [2.05, 4.69) is 5.32 Å². The Labute approximate surface area is 101 Å². The lowest BCUT2D eigenvalue weighted by Gasteiger charge is -2.42. The second-order valence-corrected chi connectivity index (χ2v) is 5.24. The molecule has 2 amide bonds. The van der Waals surface area contributed by atoms with Gasteiger partial charge in [-0.15, -0.1) is 0 Å². The predicted octanol–water partition coefficient (Wildman–Crippen LogP) is -0.137. The maximum atomic E-state index is 11.8. The van der Waals surface area contributed by atoms with E-state index in [1.807, 2.05) is 18.7 Å². The monoisotopic (exact) mass is 240 g/mol. The lowest BCUT2D eigenvalue weighted by atomic mass is 9.96. The van der Waals surface area contributed by atoms with Crippen LogP contribution in [0, 0.1) is 17.8 Å². The molecule has 2 aliphatic rings. The number of amides is 2. The Morgan fingerprint density at radius 1 is 1.35 bits per heavy atom. The van der Waals surface area contributed by atoms with Gasteiger partial charge in [0.25, 0.3) is 0 Å². The van der Waals surface area contributed by atoms with Crippen molar-refractivity contribution in [2.24, 2.45) is 17.8 Å². The summed E-state index contributed by atoms with van der Waals surface area (Å²) in [4.78, 5) is 25.0. The molecule has 0 aliphatic carbocycles. The van der Waals surface area contributed by atoms with Crippen LogP contribution in [0.1, 0.15) is 13.8 Å². The number of nitrogens with one attached hydrogen (secondary N) is 1. The fourth-order valence-electron chi connectivity index (χ4n) is 1.96. The average Bonchev–Trinajstić information content (AvgIpc) is 2.11. The summed E-state index contributed by atoms with van der Waals surface area (Å²) in [6.45, 7) is 7.13. The Balaban J connectivity index is 1.62. The van der Waals surface area contributed by atoms with Gasteiger partial charge in [-0.3, -0.25) is 9.59 Å². The van der Waals surface area contributed by atoms with Gasteiger partial charge in [0.2, 0.25) is 11.8 Å². The van der Waals surface area contributed by atoms with E-state index in [1.165, 1.54) is 0 Å². The molecule has 0 aromatic carbocycles. The zero-order valence-corrected chi connectivity index (χ0v) is 10.4. The molecule has 5 heteroatoms. The first-order valence-corrected chi connectivity index (χ1v) is 6.22. The zero-order valence-electron chi connectivity index (χ0n) is 10.4. The predicted molar refractivity (Wildman–Crippen MR) is 62.2 cm³/mol. The highest BCUT2D eigenvalue weighted by Gasteiger charge is 2.37. The first-order chi connectivity index (χ1) is 8.08. The van der Waals surface area contributed by atoms with Crippen molar-refractivity contribution >= 4 is 11.8 Å². The van der Waals surface area contributed by atoms with Gasteiger partial charge in [0.15, 0.2) is 0 Å². The molecule has 2 aliphatic heterocycles. The summed E-state index contributed by atoms with van der Waals surface area (Å²) < 4.78 is 5.00. The largest absolute Gasteiger partial charge is 0.380 e. The third-order valence-corrected chi connectivity index (χ3v) is 3.35. The smallest absolute Gasteiger partial charge is 0.230 e. The third-order valence-electron chi connectivity index (χ3n) is 3.35. The molecule has 2 heterocycles. The second-order valence-electron chi connectivity index (χ2n) is 5.24. The molecule has 17 heavy (non-hydrogen) atoms. The van der Waals surface area contributed by atoms with Crippen LogP contribution in [0.15, 0.2) is 0 Å². The number of ether oxygens (including phenoxy) is 1. The number of carbonyl (C=O) groups is 2. The van der Waals surface area contributed by atoms with Crippen molar-refractivity contribution in [1.29, 1.82) is 0 Å². The van der Waals surface area contributed by atoms with Crippen LogP contribution in [0.4, 0.5) is 0 Å². The van der Waals surface area contributed by atoms with E-state index in [1.54, 1.807) is 0 Å². The van der Waals surface area contributed by atoms with Crippen LogP contribution < -0.4 is 5.32 Å². The molecule has 0 saturated carbocycles. The van der Waals surface area contributed by atoms with Gasteiger partial charge >= 0.3 is 0 Å². The Bertz CT molecular complexity index is 307. The van der Waals surface area contributed by atoms with Crippen molar-refractivity contribution in [3.05, 3.63) is 0 Å². The van der Waals surface area contributed by atoms with Gasteiger partial charge in [-0.05, 0) is 0 Å². The van der Waals surface area contributed by atoms with E-state index in [9.17, 15) is 9.59 Å². The van der Waals surface area contributed by atoms with E-state index in [0.29, 0.717) is 25.7 Å². The van der Waals surface area contributed by atoms with Gasteiger partial charge in [0, 0.05) is 31.5 Å². The van der Waals surface area contributed by atoms with Crippen LogP contribution in [-0.2, 0) is 14.3 Å². The van der Waals surface area contributed by atoms with Gasteiger partial charge in [0.1, 0.15) is 0 Å². The number of carbonyl (C=O) groups excluding carboxylic acids is 2. The molecule has 5 nitrogen and oxygen atoms in total. The van der Waals surface area contributed by atoms with Crippen molar-refractivity contribution in [2.45, 2.75) is 13.8 Å². The normalized spacial score (nSPS) is 21.0. The second kappa shape index (κ2) is 5.04. The Morgan fingerprint density at radius 3 is 2.47 bits per heavy atom. The van der Waals surface area contributed by atoms with Crippen molar-refractivity contribution in [3.8, 4) is 0 Å². The van der Waals surface area contributed by atoms with Crippen LogP contribution >= 0.6 is 0 Å². The highest BCUT2D eigenvalue weighted by molar-refractivity contribution is 5.80. The summed E-state index contributed by atoms with van der Waals surface area (Å²) in [5.41, 5.74) is 0. The molecule has 2 fully saturated rings. The Kier molecular flexibility index (Phi) is 3.66. The lowest BCUT2D eigenvalue weighted by Crippen LogP contribution is -2.57. The summed E-state index contributed by atoms with van der Waals surface area (Å²) in [5, 5.41) is 2.90. The molecule has 0 aromatic rings. The number of nitrogens with zero attached hydrogens (tertiary/aromatic N) is 1. The quantitative estimate of drug-likeness (QED) is 0.744. The van der Waals surface area contributed by atoms with Gasteiger partial charge < -0.3 is 15.0 Å². The third kappa shape index (κ3) is 2.77. The minimum atomic E-state index is 0.0277. The number of hydrogen-bond donors (Lipinski definition) is 1. The van der Waals surface area contributed by atoms with E-state index < -0.39 is 0 Å². The summed E-state index contributed by atoms with van der Waals surface area (Å²) in [6.07, 6.45) is 0. The molecule has 0 radical (unpaired) electrons. The molecule has 0 atom stereocenters. The Morgan fingerprint density at radius 2 is 2.00 bits per heavy atom.